The van der Waals surface area contributed by atoms with Crippen LogP contribution in [-0.4, -0.2) is 23.3 Å². The van der Waals surface area contributed by atoms with E-state index < -0.39 is 5.82 Å². The molecule has 1 aliphatic heterocycles. The van der Waals surface area contributed by atoms with Crippen LogP contribution in [0.15, 0.2) is 18.2 Å². The van der Waals surface area contributed by atoms with Crippen LogP contribution >= 0.6 is 11.6 Å². The van der Waals surface area contributed by atoms with E-state index in [1.54, 1.807) is 12.1 Å². The number of ketones is 1. The number of nitrogens with zero attached hydrogens (tertiary/aromatic N) is 1. The van der Waals surface area contributed by atoms with Crippen molar-refractivity contribution in [3.8, 4) is 0 Å². The molecule has 1 aliphatic rings. The molecule has 98 valence electrons. The third-order valence-corrected chi connectivity index (χ3v) is 4.11. The van der Waals surface area contributed by atoms with E-state index in [2.05, 4.69) is 11.8 Å². The first-order valence-corrected chi connectivity index (χ1v) is 6.57. The van der Waals surface area contributed by atoms with Crippen LogP contribution in [0.4, 0.5) is 4.39 Å². The van der Waals surface area contributed by atoms with Crippen molar-refractivity contribution in [2.45, 2.75) is 32.9 Å². The highest BCUT2D eigenvalue weighted by Crippen LogP contribution is 2.23. The predicted molar refractivity (Wildman–Crippen MR) is 70.1 cm³/mol. The topological polar surface area (TPSA) is 20.3 Å². The molecule has 2 unspecified atom stereocenters. The second-order valence-corrected chi connectivity index (χ2v) is 5.37. The molecule has 1 aromatic rings. The largest absolute Gasteiger partial charge is 0.299 e. The summed E-state index contributed by atoms with van der Waals surface area (Å²) in [5, 5.41) is 0.154. The van der Waals surface area contributed by atoms with Gasteiger partial charge in [0, 0.05) is 31.5 Å². The summed E-state index contributed by atoms with van der Waals surface area (Å²) < 4.78 is 13.1. The Morgan fingerprint density at radius 3 is 2.83 bits per heavy atom. The molecule has 2 atom stereocenters. The Hall–Kier alpha value is -0.930. The third-order valence-electron chi connectivity index (χ3n) is 3.82. The van der Waals surface area contributed by atoms with Gasteiger partial charge in [0.25, 0.3) is 0 Å². The molecule has 0 aliphatic carbocycles. The van der Waals surface area contributed by atoms with Crippen molar-refractivity contribution in [2.24, 2.45) is 5.92 Å². The molecule has 0 bridgehead atoms. The third kappa shape index (κ3) is 2.73. The van der Waals surface area contributed by atoms with Gasteiger partial charge in [0.2, 0.25) is 0 Å². The molecule has 2 nitrogen and oxygen atoms in total. The van der Waals surface area contributed by atoms with Crippen molar-refractivity contribution >= 4 is 17.4 Å². The van der Waals surface area contributed by atoms with E-state index >= 15 is 0 Å². The van der Waals surface area contributed by atoms with Gasteiger partial charge in [0.1, 0.15) is 11.6 Å². The highest BCUT2D eigenvalue weighted by Gasteiger charge is 2.30. The van der Waals surface area contributed by atoms with Crippen molar-refractivity contribution in [3.05, 3.63) is 34.6 Å². The molecular weight excluding hydrogens is 253 g/mol. The average molecular weight is 270 g/mol. The van der Waals surface area contributed by atoms with E-state index in [1.807, 2.05) is 6.92 Å². The van der Waals surface area contributed by atoms with Crippen LogP contribution in [0.5, 0.6) is 0 Å². The van der Waals surface area contributed by atoms with Gasteiger partial charge in [0.15, 0.2) is 0 Å². The van der Waals surface area contributed by atoms with Crippen LogP contribution in [0.3, 0.4) is 0 Å². The van der Waals surface area contributed by atoms with Gasteiger partial charge in [-0.05, 0) is 24.6 Å². The van der Waals surface area contributed by atoms with E-state index in [-0.39, 0.29) is 17.0 Å². The summed E-state index contributed by atoms with van der Waals surface area (Å²) in [6.45, 7) is 5.50. The number of carbonyl (C=O) groups is 1. The maximum absolute atomic E-state index is 13.1. The minimum atomic E-state index is -0.393. The zero-order valence-electron chi connectivity index (χ0n) is 10.6. The Labute approximate surface area is 112 Å². The minimum absolute atomic E-state index is 0.0645. The lowest BCUT2D eigenvalue weighted by Gasteiger charge is -2.37. The lowest BCUT2D eigenvalue weighted by atomic mass is 9.90. The molecule has 18 heavy (non-hydrogen) atoms. The van der Waals surface area contributed by atoms with Crippen molar-refractivity contribution < 1.29 is 9.18 Å². The van der Waals surface area contributed by atoms with Gasteiger partial charge in [-0.25, -0.2) is 4.39 Å². The summed E-state index contributed by atoms with van der Waals surface area (Å²) in [6, 6.07) is 5.01. The summed E-state index contributed by atoms with van der Waals surface area (Å²) in [7, 11) is 0. The van der Waals surface area contributed by atoms with Gasteiger partial charge in [-0.3, -0.25) is 9.69 Å². The number of benzene rings is 1. The van der Waals surface area contributed by atoms with E-state index in [0.717, 1.165) is 12.1 Å². The Morgan fingerprint density at radius 2 is 2.17 bits per heavy atom. The molecule has 0 aromatic heterocycles. The standard InChI is InChI=1S/C14H17ClFNO/c1-9-10(2)17(6-5-14(9)18)8-11-3-4-13(16)12(15)7-11/h3-4,7,9-10H,5-6,8H2,1-2H3. The van der Waals surface area contributed by atoms with E-state index in [9.17, 15) is 9.18 Å². The molecule has 4 heteroatoms. The predicted octanol–water partition coefficient (Wildman–Crippen LogP) is 3.28. The number of carbonyl (C=O) groups excluding carboxylic acids is 1. The molecule has 0 saturated carbocycles. The summed E-state index contributed by atoms with van der Waals surface area (Å²) >= 11 is 5.77. The molecule has 0 N–H and O–H groups in total. The number of likely N-dealkylation sites (tertiary alicyclic amines) is 1. The lowest BCUT2D eigenvalue weighted by Crippen LogP contribution is -2.46. The van der Waals surface area contributed by atoms with Gasteiger partial charge in [-0.2, -0.15) is 0 Å². The van der Waals surface area contributed by atoms with E-state index in [0.29, 0.717) is 18.7 Å². The zero-order chi connectivity index (χ0) is 13.3. The lowest BCUT2D eigenvalue weighted by molar-refractivity contribution is -0.128. The van der Waals surface area contributed by atoms with Crippen LogP contribution in [0.25, 0.3) is 0 Å². The molecule has 1 aromatic carbocycles. The maximum atomic E-state index is 13.1. The van der Waals surface area contributed by atoms with Gasteiger partial charge in [-0.15, -0.1) is 0 Å². The molecule has 0 spiro atoms. The van der Waals surface area contributed by atoms with Crippen LogP contribution < -0.4 is 0 Å². The SMILES string of the molecule is CC1C(=O)CCN(Cc2ccc(F)c(Cl)c2)C1C. The summed E-state index contributed by atoms with van der Waals surface area (Å²) in [5.74, 6) is 0.00112. The van der Waals surface area contributed by atoms with E-state index in [4.69, 9.17) is 11.6 Å². The second-order valence-electron chi connectivity index (χ2n) is 4.96. The molecular formula is C14H17ClFNO. The van der Waals surface area contributed by atoms with Crippen LogP contribution in [-0.2, 0) is 11.3 Å². The second kappa shape index (κ2) is 5.37. The fourth-order valence-corrected chi connectivity index (χ4v) is 2.57. The van der Waals surface area contributed by atoms with Crippen LogP contribution in [0.2, 0.25) is 5.02 Å². The Balaban J connectivity index is 2.09. The maximum Gasteiger partial charge on any atom is 0.141 e. The first-order chi connectivity index (χ1) is 8.49. The fourth-order valence-electron chi connectivity index (χ4n) is 2.37. The first kappa shape index (κ1) is 13.5. The normalized spacial score (nSPS) is 25.4. The van der Waals surface area contributed by atoms with E-state index in [1.165, 1.54) is 6.07 Å². The van der Waals surface area contributed by atoms with Crippen LogP contribution in [0.1, 0.15) is 25.8 Å². The first-order valence-electron chi connectivity index (χ1n) is 6.19. The molecule has 1 saturated heterocycles. The molecule has 1 fully saturated rings. The zero-order valence-corrected chi connectivity index (χ0v) is 11.4. The Kier molecular flexibility index (Phi) is 4.03. The summed E-state index contributed by atoms with van der Waals surface area (Å²) in [4.78, 5) is 13.8. The highest BCUT2D eigenvalue weighted by molar-refractivity contribution is 6.30. The van der Waals surface area contributed by atoms with Crippen molar-refractivity contribution in [3.63, 3.8) is 0 Å². The number of hydrogen-bond acceptors (Lipinski definition) is 2. The number of piperidine rings is 1. The number of rotatable bonds is 2. The summed E-state index contributed by atoms with van der Waals surface area (Å²) in [6.07, 6.45) is 0.598. The minimum Gasteiger partial charge on any atom is -0.299 e. The molecule has 0 radical (unpaired) electrons. The van der Waals surface area contributed by atoms with Crippen molar-refractivity contribution in [1.82, 2.24) is 4.90 Å². The van der Waals surface area contributed by atoms with Crippen molar-refractivity contribution in [1.29, 1.82) is 0 Å². The number of halogens is 2. The Morgan fingerprint density at radius 1 is 1.44 bits per heavy atom. The smallest absolute Gasteiger partial charge is 0.141 e. The molecule has 2 rings (SSSR count). The van der Waals surface area contributed by atoms with Gasteiger partial charge in [0.05, 0.1) is 5.02 Å². The van der Waals surface area contributed by atoms with Crippen molar-refractivity contribution in [2.75, 3.05) is 6.54 Å². The van der Waals surface area contributed by atoms with Gasteiger partial charge in [-0.1, -0.05) is 24.6 Å². The molecule has 0 amide bonds. The fraction of sp³-hybridized carbons (Fsp3) is 0.500. The van der Waals surface area contributed by atoms with Gasteiger partial charge < -0.3 is 0 Å². The highest BCUT2D eigenvalue weighted by atomic mass is 35.5. The molecule has 1 heterocycles. The average Bonchev–Trinajstić information content (AvgIpc) is 2.34. The Bertz CT molecular complexity index is 463. The summed E-state index contributed by atoms with van der Waals surface area (Å²) in [5.41, 5.74) is 0.981. The quantitative estimate of drug-likeness (QED) is 0.821. The van der Waals surface area contributed by atoms with Crippen LogP contribution in [0, 0.1) is 11.7 Å². The monoisotopic (exact) mass is 269 g/mol. The number of hydrogen-bond donors (Lipinski definition) is 0. The van der Waals surface area contributed by atoms with Gasteiger partial charge >= 0.3 is 0 Å². The number of Topliss-reactive ketones (excluding diaryl/α,β-unsaturated/α-hetero) is 1.